The predicted octanol–water partition coefficient (Wildman–Crippen LogP) is 5.60. The van der Waals surface area contributed by atoms with Gasteiger partial charge in [0.15, 0.2) is 11.0 Å². The van der Waals surface area contributed by atoms with Crippen LogP contribution in [0.15, 0.2) is 56.1 Å². The van der Waals surface area contributed by atoms with Crippen molar-refractivity contribution in [3.8, 4) is 11.3 Å². The molecular weight excluding hydrogens is 482 g/mol. The molecule has 0 atom stereocenters. The highest BCUT2D eigenvalue weighted by atomic mass is 79.9. The first-order valence-electron chi connectivity index (χ1n) is 10.3. The van der Waals surface area contributed by atoms with Gasteiger partial charge in [-0.05, 0) is 45.0 Å². The van der Waals surface area contributed by atoms with Gasteiger partial charge < -0.3 is 9.15 Å². The van der Waals surface area contributed by atoms with Crippen LogP contribution in [0.3, 0.4) is 0 Å². The van der Waals surface area contributed by atoms with Crippen LogP contribution in [0, 0.1) is 6.92 Å². The average Bonchev–Trinajstić information content (AvgIpc) is 2.77. The van der Waals surface area contributed by atoms with E-state index in [0.29, 0.717) is 27.8 Å². The number of rotatable bonds is 5. The van der Waals surface area contributed by atoms with E-state index in [4.69, 9.17) is 9.15 Å². The number of benzene rings is 2. The van der Waals surface area contributed by atoms with Crippen LogP contribution in [0.25, 0.3) is 22.3 Å². The minimum absolute atomic E-state index is 0. The maximum absolute atomic E-state index is 13.0. The summed E-state index contributed by atoms with van der Waals surface area (Å²) >= 11 is 3.41. The lowest BCUT2D eigenvalue weighted by Crippen LogP contribution is -2.33. The molecular formula is C24H25BrClNO4. The van der Waals surface area contributed by atoms with Gasteiger partial charge in [0.05, 0.1) is 5.39 Å². The highest BCUT2D eigenvalue weighted by Gasteiger charge is 2.21. The molecule has 2 heterocycles. The first kappa shape index (κ1) is 23.5. The second-order valence-electron chi connectivity index (χ2n) is 7.62. The van der Waals surface area contributed by atoms with Crippen LogP contribution >= 0.6 is 28.3 Å². The third-order valence-electron chi connectivity index (χ3n) is 5.53. The zero-order chi connectivity index (χ0) is 21.1. The quantitative estimate of drug-likeness (QED) is 0.422. The van der Waals surface area contributed by atoms with Crippen molar-refractivity contribution in [1.29, 1.82) is 0 Å². The topological polar surface area (TPSA) is 59.8 Å². The molecule has 1 aliphatic rings. The molecule has 0 N–H and O–H groups in total. The van der Waals surface area contributed by atoms with Crippen LogP contribution in [0.4, 0.5) is 0 Å². The van der Waals surface area contributed by atoms with E-state index in [1.807, 2.05) is 30.3 Å². The standard InChI is InChI=1S/C24H24BrNO4.ClH/c1-16-21(27)19-14-18(25)15-20(23(19)30-22(16)17-8-4-2-5-9-17)24(28)29-13-12-26-10-6-3-7-11-26;/h2,4-5,8-9,14-15H,3,6-7,10-13H2,1H3;1H. The smallest absolute Gasteiger partial charge is 0.342 e. The molecule has 3 aromatic rings. The molecule has 5 nitrogen and oxygen atoms in total. The Hall–Kier alpha value is -2.15. The third-order valence-corrected chi connectivity index (χ3v) is 5.99. The maximum atomic E-state index is 13.0. The summed E-state index contributed by atoms with van der Waals surface area (Å²) in [6.45, 7) is 4.87. The summed E-state index contributed by atoms with van der Waals surface area (Å²) in [5.41, 5.74) is 1.67. The molecule has 0 unspecified atom stereocenters. The van der Waals surface area contributed by atoms with E-state index in [-0.39, 0.29) is 29.0 Å². The van der Waals surface area contributed by atoms with E-state index in [0.717, 1.165) is 25.2 Å². The first-order chi connectivity index (χ1) is 14.5. The number of piperidine rings is 1. The number of hydrogen-bond donors (Lipinski definition) is 0. The van der Waals surface area contributed by atoms with E-state index in [9.17, 15) is 9.59 Å². The fraction of sp³-hybridized carbons (Fsp3) is 0.333. The van der Waals surface area contributed by atoms with Crippen LogP contribution < -0.4 is 5.43 Å². The van der Waals surface area contributed by atoms with Gasteiger partial charge in [-0.15, -0.1) is 12.4 Å². The number of esters is 1. The average molecular weight is 507 g/mol. The number of fused-ring (bicyclic) bond motifs is 1. The Bertz CT molecular complexity index is 1120. The van der Waals surface area contributed by atoms with Crippen molar-refractivity contribution >= 4 is 45.3 Å². The third kappa shape index (κ3) is 5.20. The van der Waals surface area contributed by atoms with Gasteiger partial charge >= 0.3 is 5.97 Å². The summed E-state index contributed by atoms with van der Waals surface area (Å²) < 4.78 is 12.3. The molecule has 4 rings (SSSR count). The van der Waals surface area contributed by atoms with Gasteiger partial charge in [0.1, 0.15) is 17.9 Å². The minimum Gasteiger partial charge on any atom is -0.461 e. The van der Waals surface area contributed by atoms with Crippen molar-refractivity contribution in [1.82, 2.24) is 4.90 Å². The molecule has 31 heavy (non-hydrogen) atoms. The first-order valence-corrected chi connectivity index (χ1v) is 11.1. The molecule has 1 fully saturated rings. The number of halogens is 2. The largest absolute Gasteiger partial charge is 0.461 e. The van der Waals surface area contributed by atoms with E-state index in [2.05, 4.69) is 20.8 Å². The van der Waals surface area contributed by atoms with Crippen molar-refractivity contribution in [2.24, 2.45) is 0 Å². The Morgan fingerprint density at radius 1 is 1.13 bits per heavy atom. The summed E-state index contributed by atoms with van der Waals surface area (Å²) in [5.74, 6) is -0.0119. The van der Waals surface area contributed by atoms with Crippen molar-refractivity contribution in [3.05, 3.63) is 68.3 Å². The molecule has 0 radical (unpaired) electrons. The molecule has 1 aliphatic heterocycles. The lowest BCUT2D eigenvalue weighted by molar-refractivity contribution is 0.0453. The highest BCUT2D eigenvalue weighted by Crippen LogP contribution is 2.29. The van der Waals surface area contributed by atoms with Crippen molar-refractivity contribution in [2.75, 3.05) is 26.2 Å². The number of likely N-dealkylation sites (tertiary alicyclic amines) is 1. The van der Waals surface area contributed by atoms with Crippen LogP contribution in [-0.2, 0) is 4.74 Å². The molecule has 0 bridgehead atoms. The molecule has 0 aliphatic carbocycles. The number of nitrogens with zero attached hydrogens (tertiary/aromatic N) is 1. The van der Waals surface area contributed by atoms with Crippen LogP contribution in [0.2, 0.25) is 0 Å². The Morgan fingerprint density at radius 2 is 1.84 bits per heavy atom. The van der Waals surface area contributed by atoms with Gasteiger partial charge in [0.2, 0.25) is 0 Å². The number of ether oxygens (including phenoxy) is 1. The molecule has 1 aromatic heterocycles. The second-order valence-corrected chi connectivity index (χ2v) is 8.54. The van der Waals surface area contributed by atoms with E-state index in [1.54, 1.807) is 19.1 Å². The Balaban J connectivity index is 0.00000272. The predicted molar refractivity (Wildman–Crippen MR) is 128 cm³/mol. The zero-order valence-corrected chi connectivity index (χ0v) is 19.8. The maximum Gasteiger partial charge on any atom is 0.342 e. The van der Waals surface area contributed by atoms with Gasteiger partial charge in [0, 0.05) is 22.1 Å². The van der Waals surface area contributed by atoms with Crippen LogP contribution in [0.1, 0.15) is 35.2 Å². The Kier molecular flexibility index (Phi) is 7.92. The summed E-state index contributed by atoms with van der Waals surface area (Å²) in [6, 6.07) is 12.8. The lowest BCUT2D eigenvalue weighted by Gasteiger charge is -2.25. The summed E-state index contributed by atoms with van der Waals surface area (Å²) in [7, 11) is 0. The molecule has 0 spiro atoms. The van der Waals surface area contributed by atoms with Crippen molar-refractivity contribution in [2.45, 2.75) is 26.2 Å². The fourth-order valence-corrected chi connectivity index (χ4v) is 4.36. The van der Waals surface area contributed by atoms with Gasteiger partial charge in [-0.2, -0.15) is 0 Å². The van der Waals surface area contributed by atoms with Gasteiger partial charge in [-0.25, -0.2) is 4.79 Å². The second kappa shape index (κ2) is 10.4. The van der Waals surface area contributed by atoms with E-state index in [1.165, 1.54) is 19.3 Å². The van der Waals surface area contributed by atoms with Crippen LogP contribution in [-0.4, -0.2) is 37.1 Å². The Labute approximate surface area is 195 Å². The minimum atomic E-state index is -0.482. The normalized spacial score (nSPS) is 14.3. The van der Waals surface area contributed by atoms with E-state index >= 15 is 0 Å². The monoisotopic (exact) mass is 505 g/mol. The summed E-state index contributed by atoms with van der Waals surface area (Å²) in [5, 5.41) is 0.365. The lowest BCUT2D eigenvalue weighted by atomic mass is 10.0. The number of carbonyl (C=O) groups excluding carboxylic acids is 1. The SMILES string of the molecule is Cc1c(-c2ccccc2)oc2c(C(=O)OCCN3CCCCC3)cc(Br)cc2c1=O.Cl. The molecule has 164 valence electrons. The summed E-state index contributed by atoms with van der Waals surface area (Å²) in [6.07, 6.45) is 3.65. The van der Waals surface area contributed by atoms with Gasteiger partial charge in [-0.1, -0.05) is 52.7 Å². The molecule has 0 amide bonds. The highest BCUT2D eigenvalue weighted by molar-refractivity contribution is 9.10. The Morgan fingerprint density at radius 3 is 2.55 bits per heavy atom. The van der Waals surface area contributed by atoms with Crippen LogP contribution in [0.5, 0.6) is 0 Å². The number of hydrogen-bond acceptors (Lipinski definition) is 5. The van der Waals surface area contributed by atoms with E-state index < -0.39 is 5.97 Å². The van der Waals surface area contributed by atoms with Crippen molar-refractivity contribution < 1.29 is 13.9 Å². The molecule has 7 heteroatoms. The summed E-state index contributed by atoms with van der Waals surface area (Å²) in [4.78, 5) is 28.2. The zero-order valence-electron chi connectivity index (χ0n) is 17.4. The molecule has 2 aromatic carbocycles. The molecule has 0 saturated carbocycles. The fourth-order valence-electron chi connectivity index (χ4n) is 3.90. The molecule has 1 saturated heterocycles. The van der Waals surface area contributed by atoms with Gasteiger partial charge in [0.25, 0.3) is 0 Å². The van der Waals surface area contributed by atoms with Crippen molar-refractivity contribution in [3.63, 3.8) is 0 Å². The van der Waals surface area contributed by atoms with Gasteiger partial charge in [-0.3, -0.25) is 9.69 Å². The number of carbonyl (C=O) groups is 1.